The van der Waals surface area contributed by atoms with E-state index >= 15 is 0 Å². The number of hydrogen-bond acceptors (Lipinski definition) is 5. The van der Waals surface area contributed by atoms with Crippen LogP contribution in [0.2, 0.25) is 0 Å². The Morgan fingerprint density at radius 3 is 2.60 bits per heavy atom. The standard InChI is InChI=1S/C15H13N3OS/c16-15-18-17-14(20-15)12-7-4-8-13(9-12)19-10-11-5-2-1-3-6-11/h1-9H,10H2,(H2,16,18). The third-order valence-corrected chi connectivity index (χ3v) is 3.57. The van der Waals surface area contributed by atoms with E-state index in [0.29, 0.717) is 11.7 Å². The van der Waals surface area contributed by atoms with E-state index in [1.54, 1.807) is 0 Å². The molecule has 0 atom stereocenters. The van der Waals surface area contributed by atoms with Gasteiger partial charge in [0.1, 0.15) is 17.4 Å². The Morgan fingerprint density at radius 1 is 1.00 bits per heavy atom. The summed E-state index contributed by atoms with van der Waals surface area (Å²) in [6.07, 6.45) is 0. The summed E-state index contributed by atoms with van der Waals surface area (Å²) in [6, 6.07) is 17.8. The molecule has 0 spiro atoms. The number of hydrogen-bond donors (Lipinski definition) is 1. The van der Waals surface area contributed by atoms with Gasteiger partial charge in [-0.2, -0.15) is 0 Å². The van der Waals surface area contributed by atoms with Gasteiger partial charge in [0, 0.05) is 5.56 Å². The lowest BCUT2D eigenvalue weighted by molar-refractivity contribution is 0.306. The molecule has 20 heavy (non-hydrogen) atoms. The molecule has 3 aromatic rings. The van der Waals surface area contributed by atoms with Gasteiger partial charge in [0.25, 0.3) is 0 Å². The van der Waals surface area contributed by atoms with Crippen LogP contribution in [0.15, 0.2) is 54.6 Å². The molecule has 0 aliphatic rings. The molecule has 5 heteroatoms. The van der Waals surface area contributed by atoms with Crippen molar-refractivity contribution in [3.63, 3.8) is 0 Å². The lowest BCUT2D eigenvalue weighted by Crippen LogP contribution is -1.94. The lowest BCUT2D eigenvalue weighted by Gasteiger charge is -2.07. The van der Waals surface area contributed by atoms with Crippen LogP contribution in [-0.4, -0.2) is 10.2 Å². The molecule has 4 nitrogen and oxygen atoms in total. The van der Waals surface area contributed by atoms with Crippen molar-refractivity contribution in [3.05, 3.63) is 60.2 Å². The van der Waals surface area contributed by atoms with E-state index in [0.717, 1.165) is 21.9 Å². The maximum Gasteiger partial charge on any atom is 0.203 e. The van der Waals surface area contributed by atoms with Crippen molar-refractivity contribution in [2.45, 2.75) is 6.61 Å². The summed E-state index contributed by atoms with van der Waals surface area (Å²) >= 11 is 1.36. The van der Waals surface area contributed by atoms with Gasteiger partial charge in [-0.25, -0.2) is 0 Å². The smallest absolute Gasteiger partial charge is 0.203 e. The fourth-order valence-corrected chi connectivity index (χ4v) is 2.42. The summed E-state index contributed by atoms with van der Waals surface area (Å²) in [4.78, 5) is 0. The molecule has 0 amide bonds. The molecular weight excluding hydrogens is 270 g/mol. The predicted molar refractivity (Wildman–Crippen MR) is 80.5 cm³/mol. The second-order valence-corrected chi connectivity index (χ2v) is 5.26. The summed E-state index contributed by atoms with van der Waals surface area (Å²) in [5.74, 6) is 0.806. The first-order valence-corrected chi connectivity index (χ1v) is 6.99. The molecule has 0 aliphatic heterocycles. The van der Waals surface area contributed by atoms with E-state index in [-0.39, 0.29) is 0 Å². The maximum atomic E-state index is 5.79. The molecule has 2 N–H and O–H groups in total. The molecule has 0 fully saturated rings. The normalized spacial score (nSPS) is 10.4. The highest BCUT2D eigenvalue weighted by Gasteiger charge is 2.05. The van der Waals surface area contributed by atoms with Crippen LogP contribution < -0.4 is 10.5 Å². The SMILES string of the molecule is Nc1nnc(-c2cccc(OCc3ccccc3)c2)s1. The monoisotopic (exact) mass is 283 g/mol. The van der Waals surface area contributed by atoms with Crippen LogP contribution in [0.1, 0.15) is 5.56 Å². The zero-order chi connectivity index (χ0) is 13.8. The van der Waals surface area contributed by atoms with Crippen LogP contribution in [0.4, 0.5) is 5.13 Å². The molecule has 0 saturated carbocycles. The Kier molecular flexibility index (Phi) is 3.60. The van der Waals surface area contributed by atoms with Gasteiger partial charge in [0.05, 0.1) is 0 Å². The third-order valence-electron chi connectivity index (χ3n) is 2.77. The fourth-order valence-electron chi connectivity index (χ4n) is 1.81. The second kappa shape index (κ2) is 5.71. The maximum absolute atomic E-state index is 5.79. The van der Waals surface area contributed by atoms with Crippen molar-refractivity contribution in [1.29, 1.82) is 0 Å². The molecule has 3 rings (SSSR count). The summed E-state index contributed by atoms with van der Waals surface area (Å²) < 4.78 is 5.79. The zero-order valence-corrected chi connectivity index (χ0v) is 11.5. The van der Waals surface area contributed by atoms with Crippen molar-refractivity contribution >= 4 is 16.5 Å². The molecule has 0 radical (unpaired) electrons. The molecule has 1 aromatic heterocycles. The van der Waals surface area contributed by atoms with Crippen LogP contribution in [0.25, 0.3) is 10.6 Å². The average Bonchev–Trinajstić information content (AvgIpc) is 2.93. The number of nitrogens with two attached hydrogens (primary N) is 1. The highest BCUT2D eigenvalue weighted by atomic mass is 32.1. The second-order valence-electron chi connectivity index (χ2n) is 4.25. The topological polar surface area (TPSA) is 61.0 Å². The first-order chi connectivity index (χ1) is 9.81. The van der Waals surface area contributed by atoms with Crippen LogP contribution >= 0.6 is 11.3 Å². The quantitative estimate of drug-likeness (QED) is 0.797. The van der Waals surface area contributed by atoms with E-state index in [1.165, 1.54) is 11.3 Å². The minimum Gasteiger partial charge on any atom is -0.489 e. The minimum atomic E-state index is 0.468. The summed E-state index contributed by atoms with van der Waals surface area (Å²) in [5.41, 5.74) is 7.70. The number of nitrogen functional groups attached to an aromatic ring is 1. The van der Waals surface area contributed by atoms with Gasteiger partial charge < -0.3 is 10.5 Å². The van der Waals surface area contributed by atoms with Crippen molar-refractivity contribution in [1.82, 2.24) is 10.2 Å². The summed E-state index contributed by atoms with van der Waals surface area (Å²) in [7, 11) is 0. The highest BCUT2D eigenvalue weighted by molar-refractivity contribution is 7.18. The first-order valence-electron chi connectivity index (χ1n) is 6.17. The zero-order valence-electron chi connectivity index (χ0n) is 10.7. The van der Waals surface area contributed by atoms with Crippen molar-refractivity contribution in [2.75, 3.05) is 5.73 Å². The Hall–Kier alpha value is -2.40. The number of benzene rings is 2. The fraction of sp³-hybridized carbons (Fsp3) is 0.0667. The van der Waals surface area contributed by atoms with Gasteiger partial charge in [-0.3, -0.25) is 0 Å². The Bertz CT molecular complexity index is 697. The minimum absolute atomic E-state index is 0.468. The van der Waals surface area contributed by atoms with E-state index < -0.39 is 0 Å². The van der Waals surface area contributed by atoms with Crippen LogP contribution in [-0.2, 0) is 6.61 Å². The number of aromatic nitrogens is 2. The number of ether oxygens (including phenoxy) is 1. The van der Waals surface area contributed by atoms with E-state index in [2.05, 4.69) is 10.2 Å². The van der Waals surface area contributed by atoms with Crippen LogP contribution in [0.5, 0.6) is 5.75 Å². The number of anilines is 1. The third kappa shape index (κ3) is 2.95. The Balaban J connectivity index is 1.75. The van der Waals surface area contributed by atoms with Crippen LogP contribution in [0, 0.1) is 0 Å². The average molecular weight is 283 g/mol. The first kappa shape index (κ1) is 12.6. The van der Waals surface area contributed by atoms with Crippen molar-refractivity contribution < 1.29 is 4.74 Å². The molecule has 1 heterocycles. The molecule has 0 unspecified atom stereocenters. The van der Waals surface area contributed by atoms with Gasteiger partial charge in [-0.1, -0.05) is 53.8 Å². The largest absolute Gasteiger partial charge is 0.489 e. The van der Waals surface area contributed by atoms with E-state index in [1.807, 2.05) is 54.6 Å². The molecule has 2 aromatic carbocycles. The molecule has 0 bridgehead atoms. The predicted octanol–water partition coefficient (Wildman–Crippen LogP) is 3.37. The molecule has 0 saturated heterocycles. The van der Waals surface area contributed by atoms with Crippen molar-refractivity contribution in [3.8, 4) is 16.3 Å². The van der Waals surface area contributed by atoms with E-state index in [4.69, 9.17) is 10.5 Å². The highest BCUT2D eigenvalue weighted by Crippen LogP contribution is 2.27. The van der Waals surface area contributed by atoms with E-state index in [9.17, 15) is 0 Å². The van der Waals surface area contributed by atoms with Gasteiger partial charge >= 0.3 is 0 Å². The Morgan fingerprint density at radius 2 is 1.85 bits per heavy atom. The lowest BCUT2D eigenvalue weighted by atomic mass is 10.2. The van der Waals surface area contributed by atoms with Gasteiger partial charge in [0.15, 0.2) is 0 Å². The number of rotatable bonds is 4. The Labute approximate surface area is 120 Å². The number of nitrogens with zero attached hydrogens (tertiary/aromatic N) is 2. The molecule has 0 aliphatic carbocycles. The van der Waals surface area contributed by atoms with Gasteiger partial charge in [-0.15, -0.1) is 10.2 Å². The summed E-state index contributed by atoms with van der Waals surface area (Å²) in [5, 5.41) is 9.12. The molecule has 100 valence electrons. The van der Waals surface area contributed by atoms with Crippen LogP contribution in [0.3, 0.4) is 0 Å². The molecular formula is C15H13N3OS. The van der Waals surface area contributed by atoms with Gasteiger partial charge in [0.2, 0.25) is 5.13 Å². The summed E-state index contributed by atoms with van der Waals surface area (Å²) in [6.45, 7) is 0.544. The van der Waals surface area contributed by atoms with Crippen molar-refractivity contribution in [2.24, 2.45) is 0 Å². The van der Waals surface area contributed by atoms with Gasteiger partial charge in [-0.05, 0) is 17.7 Å².